The lowest BCUT2D eigenvalue weighted by atomic mass is 10.2. The van der Waals surface area contributed by atoms with Crippen LogP contribution in [0.4, 0.5) is 17.1 Å². The SMILES string of the molecule is O=C(CSc1ccc(NC(=O)c2cccc([N+](=O)[O-])c2)cc1)Nc1cc(Cl)ccc1Cl. The number of non-ortho nitro benzene ring substituents is 1. The smallest absolute Gasteiger partial charge is 0.270 e. The molecule has 0 aliphatic carbocycles. The molecule has 2 amide bonds. The van der Waals surface area contributed by atoms with E-state index in [1.165, 1.54) is 36.0 Å². The highest BCUT2D eigenvalue weighted by Gasteiger charge is 2.12. The standard InChI is InChI=1S/C21H15Cl2N3O4S/c22-14-4-9-18(23)19(11-14)25-20(27)12-31-17-7-5-15(6-8-17)24-21(28)13-2-1-3-16(10-13)26(29)30/h1-11H,12H2,(H,24,28)(H,25,27). The zero-order chi connectivity index (χ0) is 22.4. The highest BCUT2D eigenvalue weighted by Crippen LogP contribution is 2.26. The van der Waals surface area contributed by atoms with Gasteiger partial charge in [0.25, 0.3) is 11.6 Å². The van der Waals surface area contributed by atoms with Crippen molar-refractivity contribution in [2.24, 2.45) is 0 Å². The molecule has 10 heteroatoms. The van der Waals surface area contributed by atoms with Crippen LogP contribution in [-0.2, 0) is 4.79 Å². The molecule has 3 aromatic rings. The first-order valence-corrected chi connectivity index (χ1v) is 10.6. The van der Waals surface area contributed by atoms with Gasteiger partial charge in [-0.25, -0.2) is 0 Å². The van der Waals surface area contributed by atoms with Gasteiger partial charge in [-0.15, -0.1) is 11.8 Å². The van der Waals surface area contributed by atoms with E-state index in [1.807, 2.05) is 0 Å². The Hall–Kier alpha value is -3.07. The van der Waals surface area contributed by atoms with Crippen molar-refractivity contribution in [3.05, 3.63) is 92.5 Å². The van der Waals surface area contributed by atoms with Crippen molar-refractivity contribution in [1.29, 1.82) is 0 Å². The Labute approximate surface area is 191 Å². The van der Waals surface area contributed by atoms with Gasteiger partial charge in [0.05, 0.1) is 21.4 Å². The van der Waals surface area contributed by atoms with Crippen molar-refractivity contribution in [3.8, 4) is 0 Å². The number of nitro benzene ring substituents is 1. The minimum atomic E-state index is -0.556. The molecule has 0 aliphatic rings. The highest BCUT2D eigenvalue weighted by molar-refractivity contribution is 8.00. The summed E-state index contributed by atoms with van der Waals surface area (Å²) in [5, 5.41) is 17.1. The fraction of sp³-hybridized carbons (Fsp3) is 0.0476. The predicted molar refractivity (Wildman–Crippen MR) is 123 cm³/mol. The fourth-order valence-electron chi connectivity index (χ4n) is 2.53. The van der Waals surface area contributed by atoms with Gasteiger partial charge in [-0.1, -0.05) is 29.3 Å². The summed E-state index contributed by atoms with van der Waals surface area (Å²) in [7, 11) is 0. The summed E-state index contributed by atoms with van der Waals surface area (Å²) in [4.78, 5) is 35.6. The van der Waals surface area contributed by atoms with Gasteiger partial charge in [0, 0.05) is 33.3 Å². The van der Waals surface area contributed by atoms with Crippen LogP contribution in [0, 0.1) is 10.1 Å². The first-order valence-electron chi connectivity index (χ1n) is 8.85. The van der Waals surface area contributed by atoms with Crippen LogP contribution in [0.3, 0.4) is 0 Å². The number of benzene rings is 3. The van der Waals surface area contributed by atoms with Gasteiger partial charge in [-0.3, -0.25) is 19.7 Å². The molecule has 0 radical (unpaired) electrons. The fourth-order valence-corrected chi connectivity index (χ4v) is 3.56. The quantitative estimate of drug-likeness (QED) is 0.252. The molecule has 0 aromatic heterocycles. The molecule has 0 saturated heterocycles. The molecule has 0 atom stereocenters. The third-order valence-corrected chi connectivity index (χ3v) is 5.58. The molecule has 0 spiro atoms. The number of carbonyl (C=O) groups is 2. The number of hydrogen-bond acceptors (Lipinski definition) is 5. The van der Waals surface area contributed by atoms with E-state index in [0.29, 0.717) is 21.4 Å². The van der Waals surface area contributed by atoms with Gasteiger partial charge in [-0.2, -0.15) is 0 Å². The Bertz CT molecular complexity index is 1140. The number of halogens is 2. The van der Waals surface area contributed by atoms with E-state index < -0.39 is 10.8 Å². The lowest BCUT2D eigenvalue weighted by Crippen LogP contribution is -2.14. The lowest BCUT2D eigenvalue weighted by molar-refractivity contribution is -0.384. The molecular weight excluding hydrogens is 461 g/mol. The summed E-state index contributed by atoms with van der Waals surface area (Å²) < 4.78 is 0. The highest BCUT2D eigenvalue weighted by atomic mass is 35.5. The van der Waals surface area contributed by atoms with Crippen LogP contribution in [0.25, 0.3) is 0 Å². The average Bonchev–Trinajstić information content (AvgIpc) is 2.76. The maximum atomic E-state index is 12.3. The molecule has 3 aromatic carbocycles. The van der Waals surface area contributed by atoms with Gasteiger partial charge in [0.1, 0.15) is 0 Å². The number of amides is 2. The molecule has 31 heavy (non-hydrogen) atoms. The molecule has 0 bridgehead atoms. The van der Waals surface area contributed by atoms with E-state index in [1.54, 1.807) is 42.5 Å². The Morgan fingerprint density at radius 3 is 2.42 bits per heavy atom. The maximum Gasteiger partial charge on any atom is 0.270 e. The van der Waals surface area contributed by atoms with Crippen LogP contribution in [0.15, 0.2) is 71.6 Å². The Morgan fingerprint density at radius 2 is 1.71 bits per heavy atom. The second-order valence-corrected chi connectivity index (χ2v) is 8.14. The van der Waals surface area contributed by atoms with Crippen LogP contribution in [0.5, 0.6) is 0 Å². The number of nitrogens with zero attached hydrogens (tertiary/aromatic N) is 1. The van der Waals surface area contributed by atoms with Gasteiger partial charge in [0.2, 0.25) is 5.91 Å². The van der Waals surface area contributed by atoms with Crippen molar-refractivity contribution in [2.45, 2.75) is 4.90 Å². The van der Waals surface area contributed by atoms with Crippen LogP contribution < -0.4 is 10.6 Å². The molecule has 7 nitrogen and oxygen atoms in total. The summed E-state index contributed by atoms with van der Waals surface area (Å²) in [5.41, 5.74) is 0.996. The van der Waals surface area contributed by atoms with E-state index in [2.05, 4.69) is 10.6 Å². The van der Waals surface area contributed by atoms with E-state index >= 15 is 0 Å². The summed E-state index contributed by atoms with van der Waals surface area (Å²) >= 11 is 13.3. The molecule has 0 fully saturated rings. The second kappa shape index (κ2) is 10.3. The first kappa shape index (κ1) is 22.6. The van der Waals surface area contributed by atoms with Crippen LogP contribution in [0.2, 0.25) is 10.0 Å². The monoisotopic (exact) mass is 475 g/mol. The van der Waals surface area contributed by atoms with Crippen molar-refractivity contribution in [1.82, 2.24) is 0 Å². The van der Waals surface area contributed by atoms with Gasteiger partial charge in [0.15, 0.2) is 0 Å². The number of thioether (sulfide) groups is 1. The Morgan fingerprint density at radius 1 is 0.968 bits per heavy atom. The molecule has 0 unspecified atom stereocenters. The van der Waals surface area contributed by atoms with E-state index in [4.69, 9.17) is 23.2 Å². The number of nitro groups is 1. The van der Waals surface area contributed by atoms with Gasteiger partial charge in [-0.05, 0) is 48.5 Å². The Balaban J connectivity index is 1.54. The Kier molecular flexibility index (Phi) is 7.51. The molecular formula is C21H15Cl2N3O4S. The van der Waals surface area contributed by atoms with Crippen LogP contribution >= 0.6 is 35.0 Å². The summed E-state index contributed by atoms with van der Waals surface area (Å²) in [6.07, 6.45) is 0. The van der Waals surface area contributed by atoms with E-state index in [0.717, 1.165) is 4.90 Å². The second-order valence-electron chi connectivity index (χ2n) is 6.25. The van der Waals surface area contributed by atoms with E-state index in [9.17, 15) is 19.7 Å². The molecule has 158 valence electrons. The summed E-state index contributed by atoms with van der Waals surface area (Å²) in [6.45, 7) is 0. The minimum Gasteiger partial charge on any atom is -0.324 e. The number of hydrogen-bond donors (Lipinski definition) is 2. The van der Waals surface area contributed by atoms with Gasteiger partial charge < -0.3 is 10.6 Å². The summed E-state index contributed by atoms with van der Waals surface area (Å²) in [6, 6.07) is 17.2. The molecule has 2 N–H and O–H groups in total. The van der Waals surface area contributed by atoms with E-state index in [-0.39, 0.29) is 22.9 Å². The van der Waals surface area contributed by atoms with Crippen molar-refractivity contribution in [2.75, 3.05) is 16.4 Å². The number of carbonyl (C=O) groups excluding carboxylic acids is 2. The average molecular weight is 476 g/mol. The normalized spacial score (nSPS) is 10.4. The first-order chi connectivity index (χ1) is 14.8. The maximum absolute atomic E-state index is 12.3. The van der Waals surface area contributed by atoms with Crippen LogP contribution in [0.1, 0.15) is 10.4 Å². The topological polar surface area (TPSA) is 101 Å². The predicted octanol–water partition coefficient (Wildman–Crippen LogP) is 5.88. The zero-order valence-electron chi connectivity index (χ0n) is 15.8. The zero-order valence-corrected chi connectivity index (χ0v) is 18.1. The molecule has 0 aliphatic heterocycles. The van der Waals surface area contributed by atoms with Crippen molar-refractivity contribution < 1.29 is 14.5 Å². The molecule has 3 rings (SSSR count). The lowest BCUT2D eigenvalue weighted by Gasteiger charge is -2.08. The summed E-state index contributed by atoms with van der Waals surface area (Å²) in [5.74, 6) is -0.540. The van der Waals surface area contributed by atoms with Crippen molar-refractivity contribution in [3.63, 3.8) is 0 Å². The number of rotatable bonds is 7. The third kappa shape index (κ3) is 6.45. The largest absolute Gasteiger partial charge is 0.324 e. The van der Waals surface area contributed by atoms with Crippen molar-refractivity contribution >= 4 is 63.8 Å². The molecule has 0 saturated carbocycles. The van der Waals surface area contributed by atoms with Crippen LogP contribution in [-0.4, -0.2) is 22.5 Å². The third-order valence-electron chi connectivity index (χ3n) is 4.00. The minimum absolute atomic E-state index is 0.155. The number of anilines is 2. The van der Waals surface area contributed by atoms with Gasteiger partial charge >= 0.3 is 0 Å². The molecule has 0 heterocycles. The number of nitrogens with one attached hydrogen (secondary N) is 2.